The molecule has 3 heterocycles. The Morgan fingerprint density at radius 2 is 2.03 bits per heavy atom. The van der Waals surface area contributed by atoms with Crippen LogP contribution in [-0.4, -0.2) is 66.0 Å². The first-order valence-electron chi connectivity index (χ1n) is 11.3. The Morgan fingerprint density at radius 1 is 1.24 bits per heavy atom. The molecule has 33 heavy (non-hydrogen) atoms. The van der Waals surface area contributed by atoms with Gasteiger partial charge in [-0.2, -0.15) is 0 Å². The number of hydrogen-bond donors (Lipinski definition) is 3. The van der Waals surface area contributed by atoms with E-state index in [2.05, 4.69) is 16.0 Å². The highest BCUT2D eigenvalue weighted by Crippen LogP contribution is 2.46. The number of benzene rings is 1. The standard InChI is InChI=1S/C23H31ClN4O4S/c1-23(2)11-19-28(22(31)16(7-9-33-19)26-18(29)12-25-3)20(23)21(30)27-15-6-8-32-17-10-13(24)4-5-14(15)17/h4-5,10,15-16,19-20,25H,6-9,11-12H2,1-3H3,(H,26,29)(H,27,30)/t15-,16+,19+,20-/m1/s1. The average Bonchev–Trinajstić information content (AvgIpc) is 2.94. The molecule has 0 aromatic heterocycles. The summed E-state index contributed by atoms with van der Waals surface area (Å²) in [5, 5.41) is 9.32. The molecule has 0 saturated carbocycles. The molecule has 0 bridgehead atoms. The van der Waals surface area contributed by atoms with Crippen LogP contribution in [0.3, 0.4) is 0 Å². The number of likely N-dealkylation sites (N-methyl/N-ethyl adjacent to an activating group) is 1. The molecule has 1 aromatic rings. The molecule has 0 radical (unpaired) electrons. The fourth-order valence-corrected chi connectivity index (χ4v) is 6.76. The summed E-state index contributed by atoms with van der Waals surface area (Å²) in [5.41, 5.74) is 0.488. The van der Waals surface area contributed by atoms with Gasteiger partial charge < -0.3 is 25.6 Å². The second-order valence-electron chi connectivity index (χ2n) is 9.49. The van der Waals surface area contributed by atoms with Crippen molar-refractivity contribution >= 4 is 41.1 Å². The van der Waals surface area contributed by atoms with Gasteiger partial charge in [-0.25, -0.2) is 0 Å². The van der Waals surface area contributed by atoms with Crippen molar-refractivity contribution in [3.63, 3.8) is 0 Å². The number of carbonyl (C=O) groups is 3. The first kappa shape index (κ1) is 24.2. The second kappa shape index (κ2) is 9.72. The van der Waals surface area contributed by atoms with Gasteiger partial charge in [0.2, 0.25) is 17.7 Å². The van der Waals surface area contributed by atoms with Gasteiger partial charge in [-0.3, -0.25) is 14.4 Å². The number of nitrogens with zero attached hydrogens (tertiary/aromatic N) is 1. The van der Waals surface area contributed by atoms with E-state index in [-0.39, 0.29) is 35.7 Å². The van der Waals surface area contributed by atoms with Crippen LogP contribution in [0.15, 0.2) is 18.2 Å². The second-order valence-corrected chi connectivity index (χ2v) is 11.2. The molecule has 3 aliphatic rings. The highest BCUT2D eigenvalue weighted by molar-refractivity contribution is 7.99. The zero-order valence-corrected chi connectivity index (χ0v) is 20.7. The highest BCUT2D eigenvalue weighted by Gasteiger charge is 2.54. The van der Waals surface area contributed by atoms with Crippen molar-refractivity contribution < 1.29 is 19.1 Å². The number of thioether (sulfide) groups is 1. The van der Waals surface area contributed by atoms with Crippen LogP contribution in [0.4, 0.5) is 0 Å². The SMILES string of the molecule is CNCC(=O)N[C@H]1CCS[C@H]2CC(C)(C)[C@@H](C(=O)N[C@@H]3CCOc4cc(Cl)ccc43)N2C1=O. The lowest BCUT2D eigenvalue weighted by Gasteiger charge is -2.36. The van der Waals surface area contributed by atoms with Crippen LogP contribution in [0.5, 0.6) is 5.75 Å². The van der Waals surface area contributed by atoms with E-state index in [0.717, 1.165) is 17.7 Å². The van der Waals surface area contributed by atoms with E-state index in [9.17, 15) is 14.4 Å². The van der Waals surface area contributed by atoms with Gasteiger partial charge in [-0.1, -0.05) is 31.5 Å². The predicted octanol–water partition coefficient (Wildman–Crippen LogP) is 2.07. The lowest BCUT2D eigenvalue weighted by Crippen LogP contribution is -2.57. The highest BCUT2D eigenvalue weighted by atomic mass is 35.5. The minimum Gasteiger partial charge on any atom is -0.493 e. The third-order valence-corrected chi connectivity index (χ3v) is 8.04. The van der Waals surface area contributed by atoms with Gasteiger partial charge in [0, 0.05) is 17.0 Å². The molecule has 1 aromatic carbocycles. The van der Waals surface area contributed by atoms with Crippen molar-refractivity contribution in [2.24, 2.45) is 5.41 Å². The maximum Gasteiger partial charge on any atom is 0.246 e. The number of nitrogens with one attached hydrogen (secondary N) is 3. The molecule has 0 aliphatic carbocycles. The molecule has 3 amide bonds. The number of halogens is 1. The van der Waals surface area contributed by atoms with Gasteiger partial charge in [0.1, 0.15) is 17.8 Å². The smallest absolute Gasteiger partial charge is 0.246 e. The third kappa shape index (κ3) is 4.95. The molecule has 8 nitrogen and oxygen atoms in total. The lowest BCUT2D eigenvalue weighted by atomic mass is 9.83. The van der Waals surface area contributed by atoms with Crippen LogP contribution >= 0.6 is 23.4 Å². The summed E-state index contributed by atoms with van der Waals surface area (Å²) in [6.07, 6.45) is 1.91. The monoisotopic (exact) mass is 494 g/mol. The minimum absolute atomic E-state index is 0.0877. The normalized spacial score (nSPS) is 28.2. The summed E-state index contributed by atoms with van der Waals surface area (Å²) in [5.74, 6) is 0.842. The molecule has 180 valence electrons. The molecule has 0 unspecified atom stereocenters. The van der Waals surface area contributed by atoms with E-state index < -0.39 is 17.5 Å². The van der Waals surface area contributed by atoms with Crippen LogP contribution in [-0.2, 0) is 14.4 Å². The predicted molar refractivity (Wildman–Crippen MR) is 128 cm³/mol. The average molecular weight is 495 g/mol. The van der Waals surface area contributed by atoms with Gasteiger partial charge in [0.25, 0.3) is 0 Å². The molecule has 3 aliphatic heterocycles. The van der Waals surface area contributed by atoms with Crippen molar-refractivity contribution in [1.82, 2.24) is 20.9 Å². The number of fused-ring (bicyclic) bond motifs is 2. The van der Waals surface area contributed by atoms with Crippen molar-refractivity contribution in [3.8, 4) is 5.75 Å². The van der Waals surface area contributed by atoms with E-state index in [1.165, 1.54) is 0 Å². The van der Waals surface area contributed by atoms with Crippen molar-refractivity contribution in [2.75, 3.05) is 26.0 Å². The van der Waals surface area contributed by atoms with Crippen LogP contribution in [0.1, 0.15) is 44.7 Å². The van der Waals surface area contributed by atoms with Gasteiger partial charge in [0.05, 0.1) is 24.6 Å². The van der Waals surface area contributed by atoms with E-state index in [4.69, 9.17) is 16.3 Å². The largest absolute Gasteiger partial charge is 0.493 e. The first-order valence-corrected chi connectivity index (χ1v) is 12.7. The summed E-state index contributed by atoms with van der Waals surface area (Å²) < 4.78 is 5.72. The molecular weight excluding hydrogens is 464 g/mol. The number of rotatable bonds is 5. The van der Waals surface area contributed by atoms with Crippen molar-refractivity contribution in [2.45, 2.75) is 56.6 Å². The molecule has 4 rings (SSSR count). The summed E-state index contributed by atoms with van der Waals surface area (Å²) in [7, 11) is 1.69. The van der Waals surface area contributed by atoms with E-state index in [0.29, 0.717) is 30.2 Å². The topological polar surface area (TPSA) is 99.8 Å². The zero-order valence-electron chi connectivity index (χ0n) is 19.2. The zero-order chi connectivity index (χ0) is 23.8. The molecule has 0 spiro atoms. The molecule has 2 saturated heterocycles. The number of ether oxygens (including phenoxy) is 1. The van der Waals surface area contributed by atoms with Crippen molar-refractivity contribution in [3.05, 3.63) is 28.8 Å². The van der Waals surface area contributed by atoms with Gasteiger partial charge in [0.15, 0.2) is 0 Å². The van der Waals surface area contributed by atoms with Crippen molar-refractivity contribution in [1.29, 1.82) is 0 Å². The number of hydrogen-bond acceptors (Lipinski definition) is 6. The summed E-state index contributed by atoms with van der Waals surface area (Å²) in [6.45, 7) is 4.69. The lowest BCUT2D eigenvalue weighted by molar-refractivity contribution is -0.143. The van der Waals surface area contributed by atoms with Gasteiger partial charge in [-0.15, -0.1) is 11.8 Å². The Hall–Kier alpha value is -1.97. The first-order chi connectivity index (χ1) is 15.7. The Morgan fingerprint density at radius 3 is 2.79 bits per heavy atom. The van der Waals surface area contributed by atoms with Crippen LogP contribution in [0, 0.1) is 5.41 Å². The Kier molecular flexibility index (Phi) is 7.12. The van der Waals surface area contributed by atoms with E-state index in [1.54, 1.807) is 35.8 Å². The maximum absolute atomic E-state index is 13.7. The molecule has 4 atom stereocenters. The fraction of sp³-hybridized carbons (Fsp3) is 0.609. The third-order valence-electron chi connectivity index (χ3n) is 6.55. The van der Waals surface area contributed by atoms with Crippen LogP contribution in [0.25, 0.3) is 0 Å². The van der Waals surface area contributed by atoms with Gasteiger partial charge >= 0.3 is 0 Å². The van der Waals surface area contributed by atoms with Crippen LogP contribution < -0.4 is 20.7 Å². The summed E-state index contributed by atoms with van der Waals surface area (Å²) in [6, 6.07) is 3.97. The Labute approximate surface area is 203 Å². The minimum atomic E-state index is -0.626. The molecule has 2 fully saturated rings. The maximum atomic E-state index is 13.7. The van der Waals surface area contributed by atoms with Gasteiger partial charge in [-0.05, 0) is 43.2 Å². The number of amides is 3. The molecule has 10 heteroatoms. The summed E-state index contributed by atoms with van der Waals surface area (Å²) in [4.78, 5) is 41.1. The van der Waals surface area contributed by atoms with E-state index in [1.807, 2.05) is 19.9 Å². The van der Waals surface area contributed by atoms with Crippen LogP contribution in [0.2, 0.25) is 5.02 Å². The fourth-order valence-electron chi connectivity index (χ4n) is 5.02. The summed E-state index contributed by atoms with van der Waals surface area (Å²) >= 11 is 7.79. The quantitative estimate of drug-likeness (QED) is 0.579. The number of carbonyl (C=O) groups excluding carboxylic acids is 3. The molecule has 3 N–H and O–H groups in total. The van der Waals surface area contributed by atoms with E-state index >= 15 is 0 Å². The Bertz CT molecular complexity index is 943. The molecular formula is C23H31ClN4O4S. The Balaban J connectivity index is 1.56.